The molecule has 1 aromatic heterocycles. The number of nitrogens with one attached hydrogen (secondary N) is 1. The van der Waals surface area contributed by atoms with Crippen molar-refractivity contribution in [3.8, 4) is 5.88 Å². The van der Waals surface area contributed by atoms with E-state index in [0.29, 0.717) is 11.9 Å². The van der Waals surface area contributed by atoms with Gasteiger partial charge < -0.3 is 10.1 Å². The number of aromatic nitrogens is 1. The van der Waals surface area contributed by atoms with E-state index in [1.165, 1.54) is 37.7 Å². The first-order chi connectivity index (χ1) is 9.31. The molecular formula is C16H26N2O. The molecule has 1 heterocycles. The Balaban J connectivity index is 1.84. The maximum atomic E-state index is 5.10. The SMILES string of the molecule is CCCNC(CCC1CC1)Cc1ccc(OC)nc1. The van der Waals surface area contributed by atoms with Gasteiger partial charge in [-0.05, 0) is 43.7 Å². The Morgan fingerprint density at radius 3 is 2.84 bits per heavy atom. The molecule has 1 aliphatic rings. The van der Waals surface area contributed by atoms with Gasteiger partial charge in [0.25, 0.3) is 0 Å². The Morgan fingerprint density at radius 2 is 2.26 bits per heavy atom. The minimum Gasteiger partial charge on any atom is -0.481 e. The largest absolute Gasteiger partial charge is 0.481 e. The summed E-state index contributed by atoms with van der Waals surface area (Å²) in [4.78, 5) is 4.29. The molecule has 0 radical (unpaired) electrons. The van der Waals surface area contributed by atoms with Crippen LogP contribution >= 0.6 is 0 Å². The molecule has 0 bridgehead atoms. The lowest BCUT2D eigenvalue weighted by atomic mass is 10.0. The van der Waals surface area contributed by atoms with Gasteiger partial charge in [-0.3, -0.25) is 0 Å². The van der Waals surface area contributed by atoms with E-state index in [4.69, 9.17) is 4.74 Å². The van der Waals surface area contributed by atoms with E-state index in [1.807, 2.05) is 12.3 Å². The number of nitrogens with zero attached hydrogens (tertiary/aromatic N) is 1. The maximum absolute atomic E-state index is 5.10. The topological polar surface area (TPSA) is 34.1 Å². The molecule has 106 valence electrons. The van der Waals surface area contributed by atoms with Crippen molar-refractivity contribution in [1.82, 2.24) is 10.3 Å². The lowest BCUT2D eigenvalue weighted by Gasteiger charge is -2.18. The minimum absolute atomic E-state index is 0.593. The molecule has 1 N–H and O–H groups in total. The summed E-state index contributed by atoms with van der Waals surface area (Å²) in [5, 5.41) is 3.67. The van der Waals surface area contributed by atoms with Crippen molar-refractivity contribution in [1.29, 1.82) is 0 Å². The normalized spacial score (nSPS) is 16.3. The quantitative estimate of drug-likeness (QED) is 0.742. The molecule has 0 spiro atoms. The fourth-order valence-electron chi connectivity index (χ4n) is 2.41. The molecule has 1 aliphatic carbocycles. The second-order valence-corrected chi connectivity index (χ2v) is 5.58. The summed E-state index contributed by atoms with van der Waals surface area (Å²) >= 11 is 0. The van der Waals surface area contributed by atoms with Crippen molar-refractivity contribution in [2.45, 2.75) is 51.5 Å². The zero-order valence-corrected chi connectivity index (χ0v) is 12.2. The Morgan fingerprint density at radius 1 is 1.42 bits per heavy atom. The van der Waals surface area contributed by atoms with E-state index < -0.39 is 0 Å². The van der Waals surface area contributed by atoms with Crippen molar-refractivity contribution in [2.24, 2.45) is 5.92 Å². The smallest absolute Gasteiger partial charge is 0.212 e. The molecule has 3 nitrogen and oxygen atoms in total. The van der Waals surface area contributed by atoms with Crippen LogP contribution in [0.4, 0.5) is 0 Å². The zero-order valence-electron chi connectivity index (χ0n) is 12.2. The Labute approximate surface area is 116 Å². The molecule has 0 amide bonds. The van der Waals surface area contributed by atoms with Crippen molar-refractivity contribution in [2.75, 3.05) is 13.7 Å². The Kier molecular flexibility index (Phi) is 5.64. The standard InChI is InChI=1S/C16H26N2O/c1-3-10-17-15(8-6-13-4-5-13)11-14-7-9-16(19-2)18-12-14/h7,9,12-13,15,17H,3-6,8,10-11H2,1-2H3. The van der Waals surface area contributed by atoms with Gasteiger partial charge in [0.2, 0.25) is 5.88 Å². The highest BCUT2D eigenvalue weighted by atomic mass is 16.5. The predicted molar refractivity (Wildman–Crippen MR) is 78.5 cm³/mol. The van der Waals surface area contributed by atoms with Gasteiger partial charge in [0.05, 0.1) is 7.11 Å². The fourth-order valence-corrected chi connectivity index (χ4v) is 2.41. The van der Waals surface area contributed by atoms with E-state index >= 15 is 0 Å². The van der Waals surface area contributed by atoms with Crippen LogP contribution in [0.15, 0.2) is 18.3 Å². The fraction of sp³-hybridized carbons (Fsp3) is 0.688. The first-order valence-electron chi connectivity index (χ1n) is 7.54. The number of ether oxygens (including phenoxy) is 1. The number of pyridine rings is 1. The van der Waals surface area contributed by atoms with Crippen LogP contribution in [0.1, 0.15) is 44.6 Å². The molecule has 1 fully saturated rings. The van der Waals surface area contributed by atoms with Crippen LogP contribution in [0.2, 0.25) is 0 Å². The highest BCUT2D eigenvalue weighted by Gasteiger charge is 2.22. The van der Waals surface area contributed by atoms with Gasteiger partial charge in [-0.25, -0.2) is 4.98 Å². The van der Waals surface area contributed by atoms with Crippen LogP contribution in [-0.2, 0) is 6.42 Å². The summed E-state index contributed by atoms with van der Waals surface area (Å²) < 4.78 is 5.10. The lowest BCUT2D eigenvalue weighted by Crippen LogP contribution is -2.32. The van der Waals surface area contributed by atoms with Gasteiger partial charge in [0, 0.05) is 18.3 Å². The molecule has 3 heteroatoms. The average molecular weight is 262 g/mol. The lowest BCUT2D eigenvalue weighted by molar-refractivity contribution is 0.397. The maximum Gasteiger partial charge on any atom is 0.212 e. The van der Waals surface area contributed by atoms with Gasteiger partial charge in [-0.15, -0.1) is 0 Å². The van der Waals surface area contributed by atoms with Crippen LogP contribution in [0.25, 0.3) is 0 Å². The van der Waals surface area contributed by atoms with E-state index in [2.05, 4.69) is 23.3 Å². The van der Waals surface area contributed by atoms with Crippen molar-refractivity contribution < 1.29 is 4.74 Å². The number of hydrogen-bond acceptors (Lipinski definition) is 3. The molecule has 1 aromatic rings. The minimum atomic E-state index is 0.593. The molecule has 0 aliphatic heterocycles. The van der Waals surface area contributed by atoms with Gasteiger partial charge in [-0.1, -0.05) is 25.8 Å². The molecule has 1 atom stereocenters. The third kappa shape index (κ3) is 5.19. The molecular weight excluding hydrogens is 236 g/mol. The highest BCUT2D eigenvalue weighted by Crippen LogP contribution is 2.34. The summed E-state index contributed by atoms with van der Waals surface area (Å²) in [6.07, 6.45) is 9.78. The van der Waals surface area contributed by atoms with Crippen molar-refractivity contribution in [3.63, 3.8) is 0 Å². The van der Waals surface area contributed by atoms with Gasteiger partial charge in [0.15, 0.2) is 0 Å². The third-order valence-electron chi connectivity index (χ3n) is 3.79. The summed E-state index contributed by atoms with van der Waals surface area (Å²) in [5.41, 5.74) is 1.30. The average Bonchev–Trinajstić information content (AvgIpc) is 3.27. The third-order valence-corrected chi connectivity index (χ3v) is 3.79. The van der Waals surface area contributed by atoms with Crippen LogP contribution in [0.5, 0.6) is 5.88 Å². The number of rotatable bonds is 9. The van der Waals surface area contributed by atoms with Crippen LogP contribution < -0.4 is 10.1 Å². The first-order valence-corrected chi connectivity index (χ1v) is 7.54. The molecule has 0 aromatic carbocycles. The monoisotopic (exact) mass is 262 g/mol. The molecule has 2 rings (SSSR count). The molecule has 0 saturated heterocycles. The summed E-state index contributed by atoms with van der Waals surface area (Å²) in [5.74, 6) is 1.71. The predicted octanol–water partition coefficient (Wildman–Crippen LogP) is 3.19. The Hall–Kier alpha value is -1.09. The van der Waals surface area contributed by atoms with Crippen LogP contribution in [-0.4, -0.2) is 24.7 Å². The van der Waals surface area contributed by atoms with E-state index in [-0.39, 0.29) is 0 Å². The summed E-state index contributed by atoms with van der Waals surface area (Å²) in [6.45, 7) is 3.33. The molecule has 1 saturated carbocycles. The zero-order chi connectivity index (χ0) is 13.5. The van der Waals surface area contributed by atoms with Crippen LogP contribution in [0.3, 0.4) is 0 Å². The summed E-state index contributed by atoms with van der Waals surface area (Å²) in [6, 6.07) is 4.67. The second-order valence-electron chi connectivity index (χ2n) is 5.58. The van der Waals surface area contributed by atoms with Gasteiger partial charge >= 0.3 is 0 Å². The highest BCUT2D eigenvalue weighted by molar-refractivity contribution is 5.18. The number of hydrogen-bond donors (Lipinski definition) is 1. The second kappa shape index (κ2) is 7.49. The molecule has 1 unspecified atom stereocenters. The van der Waals surface area contributed by atoms with Crippen LogP contribution in [0, 0.1) is 5.92 Å². The number of methoxy groups -OCH3 is 1. The van der Waals surface area contributed by atoms with Gasteiger partial charge in [-0.2, -0.15) is 0 Å². The molecule has 19 heavy (non-hydrogen) atoms. The van der Waals surface area contributed by atoms with Crippen molar-refractivity contribution in [3.05, 3.63) is 23.9 Å². The van der Waals surface area contributed by atoms with E-state index in [0.717, 1.165) is 18.9 Å². The van der Waals surface area contributed by atoms with E-state index in [1.54, 1.807) is 7.11 Å². The first kappa shape index (κ1) is 14.3. The summed E-state index contributed by atoms with van der Waals surface area (Å²) in [7, 11) is 1.66. The van der Waals surface area contributed by atoms with E-state index in [9.17, 15) is 0 Å². The van der Waals surface area contributed by atoms with Crippen molar-refractivity contribution >= 4 is 0 Å². The van der Waals surface area contributed by atoms with Gasteiger partial charge in [0.1, 0.15) is 0 Å². The Bertz CT molecular complexity index is 360.